The predicted octanol–water partition coefficient (Wildman–Crippen LogP) is 2.47. The fourth-order valence-corrected chi connectivity index (χ4v) is 1.66. The first kappa shape index (κ1) is 12.1. The number of aromatic nitrogens is 2. The average Bonchev–Trinajstić information content (AvgIpc) is 2.35. The summed E-state index contributed by atoms with van der Waals surface area (Å²) in [6, 6.07) is 7.71. The molecule has 88 valence electrons. The van der Waals surface area contributed by atoms with Gasteiger partial charge in [-0.15, -0.1) is 0 Å². The quantitative estimate of drug-likeness (QED) is 0.509. The fraction of sp³-hybridized carbons (Fsp3) is 0.0909. The maximum Gasteiger partial charge on any atom is 0.227 e. The van der Waals surface area contributed by atoms with Crippen LogP contribution < -0.4 is 16.0 Å². The van der Waals surface area contributed by atoms with Crippen LogP contribution in [0.2, 0.25) is 0 Å². The van der Waals surface area contributed by atoms with Crippen LogP contribution in [0.15, 0.2) is 30.6 Å². The molecule has 0 atom stereocenters. The number of hydrogen-bond acceptors (Lipinski definition) is 5. The van der Waals surface area contributed by atoms with E-state index < -0.39 is 0 Å². The second-order valence-corrected chi connectivity index (χ2v) is 4.60. The minimum absolute atomic E-state index is 0.495. The van der Waals surface area contributed by atoms with Gasteiger partial charge < -0.3 is 10.2 Å². The number of rotatable bonds is 3. The molecule has 3 N–H and O–H groups in total. The highest BCUT2D eigenvalue weighted by atomic mass is 127. The third-order valence-electron chi connectivity index (χ3n) is 2.20. The van der Waals surface area contributed by atoms with E-state index in [4.69, 9.17) is 10.6 Å². The van der Waals surface area contributed by atoms with E-state index in [2.05, 4.69) is 38.0 Å². The summed E-state index contributed by atoms with van der Waals surface area (Å²) < 4.78 is 6.81. The zero-order chi connectivity index (χ0) is 12.3. The number of halogens is 1. The molecule has 0 aliphatic rings. The van der Waals surface area contributed by atoms with Crippen molar-refractivity contribution in [3.8, 4) is 11.6 Å². The zero-order valence-electron chi connectivity index (χ0n) is 9.14. The molecule has 2 aromatic rings. The molecule has 0 saturated carbocycles. The summed E-state index contributed by atoms with van der Waals surface area (Å²) >= 11 is 2.24. The maximum atomic E-state index is 5.66. The minimum atomic E-state index is 0.495. The molecule has 1 aromatic carbocycles. The summed E-state index contributed by atoms with van der Waals surface area (Å²) in [5.74, 6) is 7.12. The molecule has 1 aromatic heterocycles. The van der Waals surface area contributed by atoms with Gasteiger partial charge >= 0.3 is 0 Å². The number of nitrogens with one attached hydrogen (secondary N) is 1. The first-order chi connectivity index (χ1) is 8.20. The number of nitrogens with two attached hydrogens (primary N) is 1. The molecule has 0 aliphatic carbocycles. The van der Waals surface area contributed by atoms with Crippen LogP contribution >= 0.6 is 22.6 Å². The van der Waals surface area contributed by atoms with Gasteiger partial charge in [-0.25, -0.2) is 15.8 Å². The lowest BCUT2D eigenvalue weighted by Gasteiger charge is -2.09. The highest BCUT2D eigenvalue weighted by Gasteiger charge is 2.07. The number of hydrazine groups is 1. The number of hydrogen-bond donors (Lipinski definition) is 2. The number of anilines is 1. The first-order valence-corrected chi connectivity index (χ1v) is 6.00. The SMILES string of the molecule is Cc1c(NN)ncnc1Oc1ccc(I)cc1. The molecule has 0 radical (unpaired) electrons. The predicted molar refractivity (Wildman–Crippen MR) is 73.8 cm³/mol. The monoisotopic (exact) mass is 342 g/mol. The van der Waals surface area contributed by atoms with Crippen LogP contribution in [0.25, 0.3) is 0 Å². The van der Waals surface area contributed by atoms with E-state index in [0.717, 1.165) is 14.9 Å². The lowest BCUT2D eigenvalue weighted by molar-refractivity contribution is 0.457. The van der Waals surface area contributed by atoms with E-state index in [9.17, 15) is 0 Å². The molecule has 0 bridgehead atoms. The van der Waals surface area contributed by atoms with E-state index >= 15 is 0 Å². The van der Waals surface area contributed by atoms with Crippen molar-refractivity contribution in [1.29, 1.82) is 0 Å². The molecule has 0 fully saturated rings. The lowest BCUT2D eigenvalue weighted by atomic mass is 10.3. The van der Waals surface area contributed by atoms with Crippen molar-refractivity contribution in [3.63, 3.8) is 0 Å². The van der Waals surface area contributed by atoms with Gasteiger partial charge in [0.2, 0.25) is 5.88 Å². The third kappa shape index (κ3) is 2.83. The molecular formula is C11H11IN4O. The van der Waals surface area contributed by atoms with Crippen molar-refractivity contribution in [2.75, 3.05) is 5.43 Å². The van der Waals surface area contributed by atoms with Crippen LogP contribution in [0.3, 0.4) is 0 Å². The Morgan fingerprint density at radius 2 is 1.94 bits per heavy atom. The molecule has 0 spiro atoms. The Bertz CT molecular complexity index is 515. The highest BCUT2D eigenvalue weighted by Crippen LogP contribution is 2.25. The van der Waals surface area contributed by atoms with Gasteiger partial charge in [0.25, 0.3) is 0 Å². The molecule has 1 heterocycles. The number of benzene rings is 1. The third-order valence-corrected chi connectivity index (χ3v) is 2.92. The molecule has 17 heavy (non-hydrogen) atoms. The average molecular weight is 342 g/mol. The van der Waals surface area contributed by atoms with Crippen molar-refractivity contribution >= 4 is 28.4 Å². The van der Waals surface area contributed by atoms with Gasteiger partial charge in [0.05, 0.1) is 5.56 Å². The molecule has 5 nitrogen and oxygen atoms in total. The number of nitrogens with zero attached hydrogens (tertiary/aromatic N) is 2. The van der Waals surface area contributed by atoms with Crippen molar-refractivity contribution in [1.82, 2.24) is 9.97 Å². The normalized spacial score (nSPS) is 10.1. The molecule has 0 amide bonds. The zero-order valence-corrected chi connectivity index (χ0v) is 11.3. The smallest absolute Gasteiger partial charge is 0.227 e. The Morgan fingerprint density at radius 3 is 2.59 bits per heavy atom. The molecule has 0 saturated heterocycles. The largest absolute Gasteiger partial charge is 0.439 e. The van der Waals surface area contributed by atoms with E-state index in [0.29, 0.717) is 11.7 Å². The van der Waals surface area contributed by atoms with Crippen molar-refractivity contribution in [2.45, 2.75) is 6.92 Å². The van der Waals surface area contributed by atoms with E-state index in [1.807, 2.05) is 31.2 Å². The maximum absolute atomic E-state index is 5.66. The Morgan fingerprint density at radius 1 is 1.24 bits per heavy atom. The van der Waals surface area contributed by atoms with Crippen LogP contribution in [0.4, 0.5) is 5.82 Å². The summed E-state index contributed by atoms with van der Waals surface area (Å²) in [5.41, 5.74) is 3.27. The van der Waals surface area contributed by atoms with Crippen LogP contribution in [0.5, 0.6) is 11.6 Å². The summed E-state index contributed by atoms with van der Waals surface area (Å²) in [5, 5.41) is 0. The van der Waals surface area contributed by atoms with Crippen molar-refractivity contribution in [2.24, 2.45) is 5.84 Å². The van der Waals surface area contributed by atoms with Gasteiger partial charge in [-0.3, -0.25) is 0 Å². The van der Waals surface area contributed by atoms with Gasteiger partial charge in [0.15, 0.2) is 0 Å². The van der Waals surface area contributed by atoms with Crippen LogP contribution in [0.1, 0.15) is 5.56 Å². The summed E-state index contributed by atoms with van der Waals surface area (Å²) in [7, 11) is 0. The molecular weight excluding hydrogens is 331 g/mol. The second-order valence-electron chi connectivity index (χ2n) is 3.35. The standard InChI is InChI=1S/C11H11IN4O/c1-7-10(16-13)14-6-15-11(7)17-9-4-2-8(12)3-5-9/h2-6H,13H2,1H3,(H,14,15,16). The van der Waals surface area contributed by atoms with E-state index in [1.165, 1.54) is 6.33 Å². The van der Waals surface area contributed by atoms with Gasteiger partial charge in [0.1, 0.15) is 17.9 Å². The molecule has 6 heteroatoms. The van der Waals surface area contributed by atoms with Gasteiger partial charge in [-0.05, 0) is 53.8 Å². The van der Waals surface area contributed by atoms with E-state index in [-0.39, 0.29) is 0 Å². The summed E-state index contributed by atoms with van der Waals surface area (Å²) in [4.78, 5) is 8.06. The van der Waals surface area contributed by atoms with Crippen molar-refractivity contribution in [3.05, 3.63) is 39.7 Å². The fourth-order valence-electron chi connectivity index (χ4n) is 1.30. The van der Waals surface area contributed by atoms with Gasteiger partial charge in [-0.1, -0.05) is 0 Å². The lowest BCUT2D eigenvalue weighted by Crippen LogP contribution is -2.10. The van der Waals surface area contributed by atoms with Gasteiger partial charge in [0, 0.05) is 3.57 Å². The Balaban J connectivity index is 2.27. The summed E-state index contributed by atoms with van der Waals surface area (Å²) in [6.07, 6.45) is 1.41. The van der Waals surface area contributed by atoms with Crippen molar-refractivity contribution < 1.29 is 4.74 Å². The number of ether oxygens (including phenoxy) is 1. The second kappa shape index (κ2) is 5.28. The first-order valence-electron chi connectivity index (χ1n) is 4.92. The van der Waals surface area contributed by atoms with E-state index in [1.54, 1.807) is 0 Å². The summed E-state index contributed by atoms with van der Waals surface area (Å²) in [6.45, 7) is 1.84. The minimum Gasteiger partial charge on any atom is -0.439 e. The Hall–Kier alpha value is -1.41. The van der Waals surface area contributed by atoms with Crippen LogP contribution in [-0.4, -0.2) is 9.97 Å². The Labute approximate surface area is 113 Å². The number of nitrogen functional groups attached to an aromatic ring is 1. The van der Waals surface area contributed by atoms with Crippen LogP contribution in [0, 0.1) is 10.5 Å². The molecule has 0 aliphatic heterocycles. The molecule has 0 unspecified atom stereocenters. The highest BCUT2D eigenvalue weighted by molar-refractivity contribution is 14.1. The Kier molecular flexibility index (Phi) is 3.75. The van der Waals surface area contributed by atoms with Gasteiger partial charge in [-0.2, -0.15) is 0 Å². The topological polar surface area (TPSA) is 73.1 Å². The van der Waals surface area contributed by atoms with Crippen LogP contribution in [-0.2, 0) is 0 Å². The molecule has 2 rings (SSSR count).